The Hall–Kier alpha value is -1.02. The third-order valence-electron chi connectivity index (χ3n) is 3.64. The third-order valence-corrected chi connectivity index (χ3v) is 4.05. The fourth-order valence-electron chi connectivity index (χ4n) is 2.60. The van der Waals surface area contributed by atoms with Gasteiger partial charge in [-0.15, -0.1) is 0 Å². The molecule has 0 radical (unpaired) electrons. The summed E-state index contributed by atoms with van der Waals surface area (Å²) < 4.78 is 5.85. The smallest absolute Gasteiger partial charge is 0.198 e. The maximum Gasteiger partial charge on any atom is 0.198 e. The number of oxazole rings is 1. The molecular formula is C14H16ClNO. The van der Waals surface area contributed by atoms with E-state index in [0.29, 0.717) is 5.92 Å². The van der Waals surface area contributed by atoms with E-state index >= 15 is 0 Å². The summed E-state index contributed by atoms with van der Waals surface area (Å²) in [6.45, 7) is 2.00. The molecule has 1 fully saturated rings. The van der Waals surface area contributed by atoms with E-state index in [1.165, 1.54) is 32.1 Å². The molecule has 0 amide bonds. The van der Waals surface area contributed by atoms with E-state index in [1.807, 2.05) is 19.1 Å². The van der Waals surface area contributed by atoms with Crippen LogP contribution in [0.15, 0.2) is 16.5 Å². The normalized spacial score (nSPS) is 17.8. The zero-order chi connectivity index (χ0) is 11.8. The maximum atomic E-state index is 6.09. The van der Waals surface area contributed by atoms with Gasteiger partial charge in [0.2, 0.25) is 0 Å². The lowest BCUT2D eigenvalue weighted by atomic mass is 9.89. The summed E-state index contributed by atoms with van der Waals surface area (Å²) in [6.07, 6.45) is 6.35. The molecule has 1 aliphatic rings. The van der Waals surface area contributed by atoms with Crippen molar-refractivity contribution in [2.45, 2.75) is 44.9 Å². The monoisotopic (exact) mass is 249 g/mol. The highest BCUT2D eigenvalue weighted by Crippen LogP contribution is 2.34. The highest BCUT2D eigenvalue weighted by molar-refractivity contribution is 6.32. The minimum atomic E-state index is 0.509. The van der Waals surface area contributed by atoms with E-state index < -0.39 is 0 Å². The van der Waals surface area contributed by atoms with E-state index in [2.05, 4.69) is 4.98 Å². The molecule has 1 aromatic carbocycles. The van der Waals surface area contributed by atoms with Gasteiger partial charge in [0.05, 0.1) is 0 Å². The van der Waals surface area contributed by atoms with E-state index in [1.54, 1.807) is 0 Å². The number of hydrogen-bond donors (Lipinski definition) is 0. The molecule has 0 saturated heterocycles. The predicted molar refractivity (Wildman–Crippen MR) is 69.6 cm³/mol. The Morgan fingerprint density at radius 3 is 2.76 bits per heavy atom. The number of hydrogen-bond acceptors (Lipinski definition) is 2. The number of benzene rings is 1. The first-order chi connectivity index (χ1) is 8.24. The average Bonchev–Trinajstić information content (AvgIpc) is 2.74. The van der Waals surface area contributed by atoms with Crippen molar-refractivity contribution < 1.29 is 4.42 Å². The fourth-order valence-corrected chi connectivity index (χ4v) is 2.75. The van der Waals surface area contributed by atoms with E-state index in [-0.39, 0.29) is 0 Å². The Kier molecular flexibility index (Phi) is 2.83. The van der Waals surface area contributed by atoms with Crippen molar-refractivity contribution >= 4 is 22.7 Å². The van der Waals surface area contributed by atoms with Gasteiger partial charge in [-0.2, -0.15) is 0 Å². The van der Waals surface area contributed by atoms with Gasteiger partial charge in [-0.3, -0.25) is 0 Å². The molecule has 0 unspecified atom stereocenters. The number of nitrogens with zero attached hydrogens (tertiary/aromatic N) is 1. The molecule has 17 heavy (non-hydrogen) atoms. The Morgan fingerprint density at radius 1 is 1.24 bits per heavy atom. The van der Waals surface area contributed by atoms with Gasteiger partial charge in [-0.05, 0) is 31.4 Å². The Morgan fingerprint density at radius 2 is 2.00 bits per heavy atom. The molecule has 1 aromatic heterocycles. The lowest BCUT2D eigenvalue weighted by molar-refractivity contribution is 0.373. The summed E-state index contributed by atoms with van der Waals surface area (Å²) in [6, 6.07) is 3.89. The SMILES string of the molecule is Cc1cc2nc(C3CCCCC3)oc2cc1Cl. The van der Waals surface area contributed by atoms with Crippen LogP contribution in [0.4, 0.5) is 0 Å². The van der Waals surface area contributed by atoms with Crippen molar-refractivity contribution in [3.8, 4) is 0 Å². The molecule has 0 atom stereocenters. The van der Waals surface area contributed by atoms with E-state index in [0.717, 1.165) is 27.6 Å². The zero-order valence-corrected chi connectivity index (χ0v) is 10.8. The van der Waals surface area contributed by atoms with Gasteiger partial charge in [0, 0.05) is 17.0 Å². The summed E-state index contributed by atoms with van der Waals surface area (Å²) in [5, 5.41) is 0.754. The van der Waals surface area contributed by atoms with Crippen LogP contribution in [0.3, 0.4) is 0 Å². The van der Waals surface area contributed by atoms with Crippen molar-refractivity contribution in [1.29, 1.82) is 0 Å². The summed E-state index contributed by atoms with van der Waals surface area (Å²) >= 11 is 6.09. The highest BCUT2D eigenvalue weighted by atomic mass is 35.5. The van der Waals surface area contributed by atoms with Gasteiger partial charge in [-0.25, -0.2) is 4.98 Å². The van der Waals surface area contributed by atoms with Gasteiger partial charge in [0.1, 0.15) is 5.52 Å². The molecular weight excluding hydrogens is 234 g/mol. The molecule has 0 spiro atoms. The van der Waals surface area contributed by atoms with Crippen LogP contribution in [-0.2, 0) is 0 Å². The van der Waals surface area contributed by atoms with Gasteiger partial charge >= 0.3 is 0 Å². The van der Waals surface area contributed by atoms with Crippen molar-refractivity contribution in [3.05, 3.63) is 28.6 Å². The summed E-state index contributed by atoms with van der Waals surface area (Å²) in [7, 11) is 0. The lowest BCUT2D eigenvalue weighted by Crippen LogP contribution is -2.04. The second kappa shape index (κ2) is 4.34. The van der Waals surface area contributed by atoms with Gasteiger partial charge in [-0.1, -0.05) is 30.9 Å². The van der Waals surface area contributed by atoms with Crippen LogP contribution < -0.4 is 0 Å². The minimum Gasteiger partial charge on any atom is -0.440 e. The second-order valence-corrected chi connectivity index (χ2v) is 5.36. The number of fused-ring (bicyclic) bond motifs is 1. The Balaban J connectivity index is 2.00. The largest absolute Gasteiger partial charge is 0.440 e. The molecule has 2 nitrogen and oxygen atoms in total. The molecule has 2 aromatic rings. The molecule has 0 aliphatic heterocycles. The molecule has 0 bridgehead atoms. The average molecular weight is 250 g/mol. The Labute approximate surface area is 106 Å². The quantitative estimate of drug-likeness (QED) is 0.723. The molecule has 1 saturated carbocycles. The first kappa shape index (κ1) is 11.1. The first-order valence-corrected chi connectivity index (χ1v) is 6.68. The summed E-state index contributed by atoms with van der Waals surface area (Å²) in [5.41, 5.74) is 2.82. The van der Waals surface area contributed by atoms with E-state index in [4.69, 9.17) is 16.0 Å². The van der Waals surface area contributed by atoms with Gasteiger partial charge in [0.15, 0.2) is 11.5 Å². The standard InChI is InChI=1S/C14H16ClNO/c1-9-7-12-13(8-11(9)15)17-14(16-12)10-5-3-2-4-6-10/h7-8,10H,2-6H2,1H3. The van der Waals surface area contributed by atoms with Crippen molar-refractivity contribution in [2.24, 2.45) is 0 Å². The zero-order valence-electron chi connectivity index (χ0n) is 10.0. The van der Waals surface area contributed by atoms with Crippen LogP contribution in [-0.4, -0.2) is 4.98 Å². The van der Waals surface area contributed by atoms with Crippen LogP contribution in [0.25, 0.3) is 11.1 Å². The van der Waals surface area contributed by atoms with Crippen molar-refractivity contribution in [1.82, 2.24) is 4.98 Å². The number of rotatable bonds is 1. The number of aromatic nitrogens is 1. The van der Waals surface area contributed by atoms with Crippen LogP contribution >= 0.6 is 11.6 Å². The maximum absolute atomic E-state index is 6.09. The van der Waals surface area contributed by atoms with Crippen LogP contribution in [0.2, 0.25) is 5.02 Å². The third kappa shape index (κ3) is 2.06. The summed E-state index contributed by atoms with van der Waals surface area (Å²) in [4.78, 5) is 4.61. The topological polar surface area (TPSA) is 26.0 Å². The van der Waals surface area contributed by atoms with Crippen molar-refractivity contribution in [2.75, 3.05) is 0 Å². The van der Waals surface area contributed by atoms with Crippen LogP contribution in [0.1, 0.15) is 49.5 Å². The minimum absolute atomic E-state index is 0.509. The second-order valence-electron chi connectivity index (χ2n) is 4.96. The number of aryl methyl sites for hydroxylation is 1. The highest BCUT2D eigenvalue weighted by Gasteiger charge is 2.21. The lowest BCUT2D eigenvalue weighted by Gasteiger charge is -2.17. The fraction of sp³-hybridized carbons (Fsp3) is 0.500. The Bertz CT molecular complexity index is 501. The molecule has 1 heterocycles. The van der Waals surface area contributed by atoms with Gasteiger partial charge in [0.25, 0.3) is 0 Å². The van der Waals surface area contributed by atoms with Gasteiger partial charge < -0.3 is 4.42 Å². The molecule has 1 aliphatic carbocycles. The van der Waals surface area contributed by atoms with E-state index in [9.17, 15) is 0 Å². The molecule has 0 N–H and O–H groups in total. The van der Waals surface area contributed by atoms with Crippen LogP contribution in [0, 0.1) is 6.92 Å². The molecule has 3 rings (SSSR count). The molecule has 3 heteroatoms. The molecule has 90 valence electrons. The number of halogens is 1. The summed E-state index contributed by atoms with van der Waals surface area (Å²) in [5.74, 6) is 1.41. The van der Waals surface area contributed by atoms with Crippen LogP contribution in [0.5, 0.6) is 0 Å². The van der Waals surface area contributed by atoms with Crippen molar-refractivity contribution in [3.63, 3.8) is 0 Å². The predicted octanol–water partition coefficient (Wildman–Crippen LogP) is 4.84. The first-order valence-electron chi connectivity index (χ1n) is 6.30.